The molecule has 1 unspecified atom stereocenters. The Balaban J connectivity index is 2.17. The molecule has 1 aromatic rings. The number of hydrogen-bond donors (Lipinski definition) is 2. The zero-order chi connectivity index (χ0) is 13.1. The third-order valence-electron chi connectivity index (χ3n) is 3.17. The van der Waals surface area contributed by atoms with Crippen LogP contribution in [-0.2, 0) is 0 Å². The number of likely N-dealkylation sites (tertiary alicyclic amines) is 1. The van der Waals surface area contributed by atoms with Crippen LogP contribution in [0.25, 0.3) is 0 Å². The summed E-state index contributed by atoms with van der Waals surface area (Å²) in [6.07, 6.45) is 1.48. The van der Waals surface area contributed by atoms with Crippen molar-refractivity contribution in [3.8, 4) is 5.75 Å². The number of phenols is 1. The fraction of sp³-hybridized carbons (Fsp3) is 0.462. The zero-order valence-corrected chi connectivity index (χ0v) is 9.97. The predicted octanol–water partition coefficient (Wildman–Crippen LogP) is 1.52. The van der Waals surface area contributed by atoms with Crippen LogP contribution in [0.1, 0.15) is 29.6 Å². The summed E-state index contributed by atoms with van der Waals surface area (Å²) in [7, 11) is 0. The number of halogens is 1. The first kappa shape index (κ1) is 12.8. The van der Waals surface area contributed by atoms with E-state index in [1.165, 1.54) is 11.0 Å². The van der Waals surface area contributed by atoms with Crippen molar-refractivity contribution in [3.05, 3.63) is 29.6 Å². The molecule has 5 heteroatoms. The van der Waals surface area contributed by atoms with Gasteiger partial charge in [0.15, 0.2) is 0 Å². The number of hydrogen-bond acceptors (Lipinski definition) is 3. The van der Waals surface area contributed by atoms with E-state index in [4.69, 9.17) is 0 Å². The Bertz CT molecular complexity index is 450. The van der Waals surface area contributed by atoms with Gasteiger partial charge in [0.25, 0.3) is 5.91 Å². The van der Waals surface area contributed by atoms with E-state index in [0.29, 0.717) is 32.4 Å². The molecule has 1 aliphatic heterocycles. The Labute approximate surface area is 105 Å². The molecule has 1 amide bonds. The van der Waals surface area contributed by atoms with Gasteiger partial charge >= 0.3 is 0 Å². The van der Waals surface area contributed by atoms with Crippen LogP contribution >= 0.6 is 0 Å². The van der Waals surface area contributed by atoms with Gasteiger partial charge in [-0.3, -0.25) is 4.79 Å². The molecule has 18 heavy (non-hydrogen) atoms. The molecule has 1 atom stereocenters. The van der Waals surface area contributed by atoms with E-state index in [9.17, 15) is 19.4 Å². The van der Waals surface area contributed by atoms with Gasteiger partial charge in [0.2, 0.25) is 0 Å². The second-order valence-corrected chi connectivity index (χ2v) is 4.54. The number of rotatable bonds is 1. The van der Waals surface area contributed by atoms with Crippen LogP contribution in [0.2, 0.25) is 0 Å². The van der Waals surface area contributed by atoms with Gasteiger partial charge in [0.1, 0.15) is 11.6 Å². The minimum Gasteiger partial charge on any atom is -0.508 e. The standard InChI is InChI=1S/C13H16FNO3/c14-12-4-3-10(17)8-11(12)13(18)15-6-1-2-9(16)5-7-15/h3-4,8-9,16-17H,1-2,5-7H2. The highest BCUT2D eigenvalue weighted by Gasteiger charge is 2.22. The predicted molar refractivity (Wildman–Crippen MR) is 63.8 cm³/mol. The number of aliphatic hydroxyl groups excluding tert-OH is 1. The fourth-order valence-corrected chi connectivity index (χ4v) is 2.13. The van der Waals surface area contributed by atoms with E-state index < -0.39 is 17.8 Å². The normalized spacial score (nSPS) is 20.6. The van der Waals surface area contributed by atoms with Gasteiger partial charge in [-0.2, -0.15) is 0 Å². The lowest BCUT2D eigenvalue weighted by Crippen LogP contribution is -2.32. The summed E-state index contributed by atoms with van der Waals surface area (Å²) < 4.78 is 13.5. The van der Waals surface area contributed by atoms with Gasteiger partial charge < -0.3 is 15.1 Å². The Kier molecular flexibility index (Phi) is 3.81. The molecular weight excluding hydrogens is 237 g/mol. The fourth-order valence-electron chi connectivity index (χ4n) is 2.13. The van der Waals surface area contributed by atoms with Gasteiger partial charge in [0.05, 0.1) is 11.7 Å². The van der Waals surface area contributed by atoms with Gasteiger partial charge in [0, 0.05) is 13.1 Å². The van der Waals surface area contributed by atoms with Crippen LogP contribution in [0.5, 0.6) is 5.75 Å². The van der Waals surface area contributed by atoms with Crippen molar-refractivity contribution in [1.29, 1.82) is 0 Å². The molecule has 0 bridgehead atoms. The number of benzene rings is 1. The number of carbonyl (C=O) groups is 1. The van der Waals surface area contributed by atoms with Crippen LogP contribution in [-0.4, -0.2) is 40.2 Å². The summed E-state index contributed by atoms with van der Waals surface area (Å²) in [6.45, 7) is 0.917. The molecule has 1 aromatic carbocycles. The number of amides is 1. The van der Waals surface area contributed by atoms with Crippen LogP contribution in [0.3, 0.4) is 0 Å². The SMILES string of the molecule is O=C(c1cc(O)ccc1F)N1CCCC(O)CC1. The van der Waals surface area contributed by atoms with E-state index in [2.05, 4.69) is 0 Å². The third kappa shape index (κ3) is 2.79. The van der Waals surface area contributed by atoms with E-state index >= 15 is 0 Å². The Morgan fingerprint density at radius 2 is 2.11 bits per heavy atom. The lowest BCUT2D eigenvalue weighted by molar-refractivity contribution is 0.0748. The van der Waals surface area contributed by atoms with Crippen LogP contribution in [0.4, 0.5) is 4.39 Å². The molecule has 0 saturated carbocycles. The van der Waals surface area contributed by atoms with Gasteiger partial charge in [-0.1, -0.05) is 0 Å². The summed E-state index contributed by atoms with van der Waals surface area (Å²) in [5.41, 5.74) is -0.119. The van der Waals surface area contributed by atoms with E-state index in [0.717, 1.165) is 12.1 Å². The average molecular weight is 253 g/mol. The first-order chi connectivity index (χ1) is 8.58. The molecule has 0 aromatic heterocycles. The maximum Gasteiger partial charge on any atom is 0.256 e. The van der Waals surface area contributed by atoms with Crippen molar-refractivity contribution >= 4 is 5.91 Å². The monoisotopic (exact) mass is 253 g/mol. The molecule has 98 valence electrons. The molecule has 4 nitrogen and oxygen atoms in total. The first-order valence-electron chi connectivity index (χ1n) is 6.04. The lowest BCUT2D eigenvalue weighted by atomic mass is 10.1. The number of phenolic OH excluding ortho intramolecular Hbond substituents is 1. The molecule has 1 aliphatic rings. The van der Waals surface area contributed by atoms with E-state index in [-0.39, 0.29) is 11.3 Å². The van der Waals surface area contributed by atoms with Crippen LogP contribution in [0, 0.1) is 5.82 Å². The quantitative estimate of drug-likeness (QED) is 0.797. The Morgan fingerprint density at radius 1 is 1.33 bits per heavy atom. The second kappa shape index (κ2) is 5.35. The molecule has 0 radical (unpaired) electrons. The molecule has 2 rings (SSSR count). The number of aromatic hydroxyl groups is 1. The first-order valence-corrected chi connectivity index (χ1v) is 6.04. The molecule has 1 fully saturated rings. The number of aliphatic hydroxyl groups is 1. The molecule has 1 saturated heterocycles. The summed E-state index contributed by atoms with van der Waals surface area (Å²) in [5, 5.41) is 18.8. The number of carbonyl (C=O) groups excluding carboxylic acids is 1. The lowest BCUT2D eigenvalue weighted by Gasteiger charge is -2.20. The van der Waals surface area contributed by atoms with Crippen molar-refractivity contribution in [3.63, 3.8) is 0 Å². The molecular formula is C13H16FNO3. The molecule has 2 N–H and O–H groups in total. The van der Waals surface area contributed by atoms with Crippen molar-refractivity contribution in [1.82, 2.24) is 4.90 Å². The highest BCUT2D eigenvalue weighted by atomic mass is 19.1. The Morgan fingerprint density at radius 3 is 2.89 bits per heavy atom. The van der Waals surface area contributed by atoms with Crippen LogP contribution in [0.15, 0.2) is 18.2 Å². The number of nitrogens with zero attached hydrogens (tertiary/aromatic N) is 1. The highest BCUT2D eigenvalue weighted by molar-refractivity contribution is 5.94. The average Bonchev–Trinajstić information content (AvgIpc) is 2.56. The summed E-state index contributed by atoms with van der Waals surface area (Å²) in [5.74, 6) is -1.20. The largest absolute Gasteiger partial charge is 0.508 e. The zero-order valence-electron chi connectivity index (χ0n) is 9.97. The van der Waals surface area contributed by atoms with E-state index in [1.54, 1.807) is 0 Å². The third-order valence-corrected chi connectivity index (χ3v) is 3.17. The van der Waals surface area contributed by atoms with Crippen LogP contribution < -0.4 is 0 Å². The molecule has 1 heterocycles. The summed E-state index contributed by atoms with van der Waals surface area (Å²) >= 11 is 0. The maximum absolute atomic E-state index is 13.5. The van der Waals surface area contributed by atoms with Gasteiger partial charge in [-0.05, 0) is 37.5 Å². The van der Waals surface area contributed by atoms with Crippen molar-refractivity contribution in [2.45, 2.75) is 25.4 Å². The van der Waals surface area contributed by atoms with Crippen molar-refractivity contribution in [2.75, 3.05) is 13.1 Å². The molecule has 0 spiro atoms. The van der Waals surface area contributed by atoms with Crippen molar-refractivity contribution < 1.29 is 19.4 Å². The minimum atomic E-state index is -0.636. The minimum absolute atomic E-state index is 0.119. The Hall–Kier alpha value is -1.62. The van der Waals surface area contributed by atoms with E-state index in [1.807, 2.05) is 0 Å². The van der Waals surface area contributed by atoms with Gasteiger partial charge in [-0.15, -0.1) is 0 Å². The van der Waals surface area contributed by atoms with Gasteiger partial charge in [-0.25, -0.2) is 4.39 Å². The molecule has 0 aliphatic carbocycles. The topological polar surface area (TPSA) is 60.8 Å². The smallest absolute Gasteiger partial charge is 0.256 e. The second-order valence-electron chi connectivity index (χ2n) is 4.54. The summed E-state index contributed by atoms with van der Waals surface area (Å²) in [4.78, 5) is 13.6. The van der Waals surface area contributed by atoms with Crippen molar-refractivity contribution in [2.24, 2.45) is 0 Å². The highest BCUT2D eigenvalue weighted by Crippen LogP contribution is 2.19. The summed E-state index contributed by atoms with van der Waals surface area (Å²) in [6, 6.07) is 3.42. The maximum atomic E-state index is 13.5.